The lowest BCUT2D eigenvalue weighted by Gasteiger charge is -2.03. The molecule has 78 valence electrons. The number of hydrogen-bond acceptors (Lipinski definition) is 2. The van der Waals surface area contributed by atoms with Gasteiger partial charge in [0.15, 0.2) is 0 Å². The van der Waals surface area contributed by atoms with Gasteiger partial charge < -0.3 is 4.84 Å². The highest BCUT2D eigenvalue weighted by atomic mass is 16.6. The second-order valence-electron chi connectivity index (χ2n) is 3.66. The summed E-state index contributed by atoms with van der Waals surface area (Å²) in [6.07, 6.45) is 1.98. The van der Waals surface area contributed by atoms with E-state index in [1.54, 1.807) is 0 Å². The Kier molecular flexibility index (Phi) is 3.33. The van der Waals surface area contributed by atoms with Crippen molar-refractivity contribution in [1.82, 2.24) is 0 Å². The van der Waals surface area contributed by atoms with Crippen LogP contribution in [0.2, 0.25) is 0 Å². The maximum atomic E-state index is 4.98. The summed E-state index contributed by atoms with van der Waals surface area (Å²) in [6, 6.07) is 14.9. The molecule has 2 aromatic rings. The SMILES string of the molecule is NOCCCc1ccc2ccccc2c1. The van der Waals surface area contributed by atoms with Gasteiger partial charge in [-0.05, 0) is 29.2 Å². The Balaban J connectivity index is 2.16. The molecule has 0 saturated heterocycles. The summed E-state index contributed by atoms with van der Waals surface area (Å²) in [4.78, 5) is 4.55. The van der Waals surface area contributed by atoms with Crippen LogP contribution in [-0.2, 0) is 11.3 Å². The van der Waals surface area contributed by atoms with E-state index in [9.17, 15) is 0 Å². The Morgan fingerprint density at radius 2 is 1.80 bits per heavy atom. The fraction of sp³-hybridized carbons (Fsp3) is 0.231. The first-order valence-electron chi connectivity index (χ1n) is 5.19. The number of benzene rings is 2. The molecule has 2 N–H and O–H groups in total. The predicted octanol–water partition coefficient (Wildman–Crippen LogP) is 2.66. The quantitative estimate of drug-likeness (QED) is 0.609. The number of hydrogen-bond donors (Lipinski definition) is 1. The van der Waals surface area contributed by atoms with Crippen LogP contribution in [0.1, 0.15) is 12.0 Å². The average Bonchev–Trinajstić information content (AvgIpc) is 2.29. The van der Waals surface area contributed by atoms with Crippen molar-refractivity contribution in [2.75, 3.05) is 6.61 Å². The fourth-order valence-corrected chi connectivity index (χ4v) is 1.75. The van der Waals surface area contributed by atoms with Crippen molar-refractivity contribution in [1.29, 1.82) is 0 Å². The summed E-state index contributed by atoms with van der Waals surface area (Å²) in [5.74, 6) is 4.98. The maximum Gasteiger partial charge on any atom is 0.0682 e. The minimum atomic E-state index is 0.618. The van der Waals surface area contributed by atoms with Crippen LogP contribution in [-0.4, -0.2) is 6.61 Å². The molecule has 0 aliphatic heterocycles. The minimum Gasteiger partial charge on any atom is -0.305 e. The highest BCUT2D eigenvalue weighted by molar-refractivity contribution is 5.82. The van der Waals surface area contributed by atoms with E-state index in [-0.39, 0.29) is 0 Å². The van der Waals surface area contributed by atoms with Crippen molar-refractivity contribution in [3.8, 4) is 0 Å². The number of fused-ring (bicyclic) bond motifs is 1. The second-order valence-corrected chi connectivity index (χ2v) is 3.66. The Bertz CT molecular complexity index is 439. The van der Waals surface area contributed by atoms with Gasteiger partial charge in [0.05, 0.1) is 6.61 Å². The highest BCUT2D eigenvalue weighted by Crippen LogP contribution is 2.16. The van der Waals surface area contributed by atoms with Crippen molar-refractivity contribution >= 4 is 10.8 Å². The normalized spacial score (nSPS) is 10.7. The molecule has 2 nitrogen and oxygen atoms in total. The van der Waals surface area contributed by atoms with E-state index in [1.165, 1.54) is 16.3 Å². The van der Waals surface area contributed by atoms with Crippen LogP contribution in [0.4, 0.5) is 0 Å². The summed E-state index contributed by atoms with van der Waals surface area (Å²) in [6.45, 7) is 0.618. The van der Waals surface area contributed by atoms with Crippen molar-refractivity contribution in [3.63, 3.8) is 0 Å². The van der Waals surface area contributed by atoms with Crippen molar-refractivity contribution in [2.24, 2.45) is 5.90 Å². The van der Waals surface area contributed by atoms with Gasteiger partial charge in [0, 0.05) is 0 Å². The van der Waals surface area contributed by atoms with Crippen molar-refractivity contribution in [3.05, 3.63) is 48.0 Å². The van der Waals surface area contributed by atoms with Crippen LogP contribution in [0.5, 0.6) is 0 Å². The van der Waals surface area contributed by atoms with E-state index in [0.717, 1.165) is 12.8 Å². The van der Waals surface area contributed by atoms with Gasteiger partial charge in [0.25, 0.3) is 0 Å². The summed E-state index contributed by atoms with van der Waals surface area (Å²) in [5, 5.41) is 2.58. The Morgan fingerprint density at radius 3 is 2.60 bits per heavy atom. The molecule has 0 unspecified atom stereocenters. The van der Waals surface area contributed by atoms with Crippen molar-refractivity contribution in [2.45, 2.75) is 12.8 Å². The Labute approximate surface area is 89.6 Å². The van der Waals surface area contributed by atoms with Gasteiger partial charge in [-0.2, -0.15) is 0 Å². The first-order valence-corrected chi connectivity index (χ1v) is 5.19. The van der Waals surface area contributed by atoms with Gasteiger partial charge in [0.1, 0.15) is 0 Å². The highest BCUT2D eigenvalue weighted by Gasteiger charge is 1.96. The molecule has 0 bridgehead atoms. The van der Waals surface area contributed by atoms with Gasteiger partial charge in [0.2, 0.25) is 0 Å². The molecule has 0 spiro atoms. The third-order valence-corrected chi connectivity index (χ3v) is 2.54. The molecule has 0 radical (unpaired) electrons. The van der Waals surface area contributed by atoms with Gasteiger partial charge >= 0.3 is 0 Å². The Morgan fingerprint density at radius 1 is 1.00 bits per heavy atom. The first-order chi connectivity index (χ1) is 7.40. The lowest BCUT2D eigenvalue weighted by atomic mass is 10.0. The average molecular weight is 201 g/mol. The van der Waals surface area contributed by atoms with Crippen molar-refractivity contribution < 1.29 is 4.84 Å². The molecule has 0 amide bonds. The minimum absolute atomic E-state index is 0.618. The third-order valence-electron chi connectivity index (χ3n) is 2.54. The molecule has 0 aliphatic carbocycles. The van der Waals surface area contributed by atoms with Crippen LogP contribution in [0, 0.1) is 0 Å². The molecule has 0 aliphatic rings. The topological polar surface area (TPSA) is 35.2 Å². The predicted molar refractivity (Wildman–Crippen MR) is 62.4 cm³/mol. The van der Waals surface area contributed by atoms with E-state index in [4.69, 9.17) is 5.90 Å². The lowest BCUT2D eigenvalue weighted by molar-refractivity contribution is 0.135. The number of rotatable bonds is 4. The molecule has 0 fully saturated rings. The summed E-state index contributed by atoms with van der Waals surface area (Å²) >= 11 is 0. The van der Waals surface area contributed by atoms with Crippen LogP contribution in [0.25, 0.3) is 10.8 Å². The number of aryl methyl sites for hydroxylation is 1. The molecule has 2 rings (SSSR count). The van der Waals surface area contributed by atoms with Crippen LogP contribution in [0.15, 0.2) is 42.5 Å². The molecule has 2 aromatic carbocycles. The van der Waals surface area contributed by atoms with E-state index >= 15 is 0 Å². The maximum absolute atomic E-state index is 4.98. The summed E-state index contributed by atoms with van der Waals surface area (Å²) < 4.78 is 0. The van der Waals surface area contributed by atoms with Crippen LogP contribution < -0.4 is 5.90 Å². The summed E-state index contributed by atoms with van der Waals surface area (Å²) in [7, 11) is 0. The van der Waals surface area contributed by atoms with Gasteiger partial charge in [-0.3, -0.25) is 0 Å². The fourth-order valence-electron chi connectivity index (χ4n) is 1.75. The molecule has 0 atom stereocenters. The largest absolute Gasteiger partial charge is 0.305 e. The molecular formula is C13H15NO. The first kappa shape index (κ1) is 10.1. The third kappa shape index (κ3) is 2.55. The van der Waals surface area contributed by atoms with E-state index in [0.29, 0.717) is 6.61 Å². The zero-order valence-electron chi connectivity index (χ0n) is 8.65. The zero-order valence-corrected chi connectivity index (χ0v) is 8.65. The van der Waals surface area contributed by atoms with E-state index in [1.807, 2.05) is 0 Å². The van der Waals surface area contributed by atoms with Gasteiger partial charge in [-0.15, -0.1) is 0 Å². The van der Waals surface area contributed by atoms with Gasteiger partial charge in [-0.25, -0.2) is 5.90 Å². The molecule has 0 saturated carbocycles. The summed E-state index contributed by atoms with van der Waals surface area (Å²) in [5.41, 5.74) is 1.34. The molecule has 0 aromatic heterocycles. The smallest absolute Gasteiger partial charge is 0.0682 e. The number of nitrogens with two attached hydrogens (primary N) is 1. The van der Waals surface area contributed by atoms with Crippen LogP contribution >= 0.6 is 0 Å². The van der Waals surface area contributed by atoms with E-state index < -0.39 is 0 Å². The molecule has 2 heteroatoms. The second kappa shape index (κ2) is 4.91. The standard InChI is InChI=1S/C13H15NO/c14-15-9-3-4-11-7-8-12-5-1-2-6-13(12)10-11/h1-2,5-8,10H,3-4,9,14H2. The molecule has 15 heavy (non-hydrogen) atoms. The van der Waals surface area contributed by atoms with Crippen LogP contribution in [0.3, 0.4) is 0 Å². The van der Waals surface area contributed by atoms with Gasteiger partial charge in [-0.1, -0.05) is 42.5 Å². The van der Waals surface area contributed by atoms with E-state index in [2.05, 4.69) is 47.3 Å². The molecular weight excluding hydrogens is 186 g/mol. The zero-order chi connectivity index (χ0) is 10.5. The monoisotopic (exact) mass is 201 g/mol. The Hall–Kier alpha value is -1.38. The lowest BCUT2D eigenvalue weighted by Crippen LogP contribution is -2.01. The molecule has 0 heterocycles.